The Labute approximate surface area is 109 Å². The van der Waals surface area contributed by atoms with Crippen molar-refractivity contribution in [1.29, 1.82) is 0 Å². The minimum atomic E-state index is -1.23. The standard InChI is InChI=1S/C13H12N2O4/c1-7(16)10-11(14-15-12(10)13(17)18)8-3-5-9(19-2)6-4-8/h3-6H,1-2H3,(H,14,15)(H,17,18). The third kappa shape index (κ3) is 2.33. The summed E-state index contributed by atoms with van der Waals surface area (Å²) in [7, 11) is 1.55. The van der Waals surface area contributed by atoms with Crippen molar-refractivity contribution in [3.63, 3.8) is 0 Å². The second-order valence-electron chi connectivity index (χ2n) is 3.91. The molecule has 2 N–H and O–H groups in total. The number of methoxy groups -OCH3 is 1. The molecule has 0 saturated heterocycles. The highest BCUT2D eigenvalue weighted by Gasteiger charge is 2.22. The zero-order chi connectivity index (χ0) is 14.0. The quantitative estimate of drug-likeness (QED) is 0.820. The van der Waals surface area contributed by atoms with Gasteiger partial charge in [0.05, 0.1) is 18.4 Å². The van der Waals surface area contributed by atoms with E-state index in [4.69, 9.17) is 9.84 Å². The number of benzene rings is 1. The minimum Gasteiger partial charge on any atom is -0.497 e. The number of carbonyl (C=O) groups is 2. The first-order valence-corrected chi connectivity index (χ1v) is 5.51. The number of nitrogens with one attached hydrogen (secondary N) is 1. The molecule has 0 unspecified atom stereocenters. The minimum absolute atomic E-state index is 0.0812. The fourth-order valence-corrected chi connectivity index (χ4v) is 1.81. The van der Waals surface area contributed by atoms with Crippen LogP contribution in [0.3, 0.4) is 0 Å². The monoisotopic (exact) mass is 260 g/mol. The molecule has 0 atom stereocenters. The highest BCUT2D eigenvalue weighted by Crippen LogP contribution is 2.26. The van der Waals surface area contributed by atoms with Crippen LogP contribution in [-0.2, 0) is 0 Å². The summed E-state index contributed by atoms with van der Waals surface area (Å²) >= 11 is 0. The van der Waals surface area contributed by atoms with Crippen LogP contribution in [0.5, 0.6) is 5.75 Å². The molecule has 0 fully saturated rings. The summed E-state index contributed by atoms with van der Waals surface area (Å²) in [5, 5.41) is 15.3. The van der Waals surface area contributed by atoms with E-state index in [2.05, 4.69) is 10.2 Å². The summed E-state index contributed by atoms with van der Waals surface area (Å²) in [5.41, 5.74) is 0.884. The summed E-state index contributed by atoms with van der Waals surface area (Å²) in [6, 6.07) is 6.90. The van der Waals surface area contributed by atoms with Gasteiger partial charge < -0.3 is 9.84 Å². The van der Waals surface area contributed by atoms with Gasteiger partial charge in [-0.1, -0.05) is 0 Å². The van der Waals surface area contributed by atoms with Crippen LogP contribution in [-0.4, -0.2) is 34.2 Å². The maximum absolute atomic E-state index is 11.6. The number of rotatable bonds is 4. The highest BCUT2D eigenvalue weighted by molar-refractivity contribution is 6.08. The first kappa shape index (κ1) is 12.8. The van der Waals surface area contributed by atoms with Crippen molar-refractivity contribution in [3.8, 4) is 17.0 Å². The lowest BCUT2D eigenvalue weighted by Gasteiger charge is -2.03. The molecule has 1 aromatic carbocycles. The number of Topliss-reactive ketones (excluding diaryl/α,β-unsaturated/α-hetero) is 1. The van der Waals surface area contributed by atoms with E-state index < -0.39 is 5.97 Å². The number of aromatic nitrogens is 2. The second-order valence-corrected chi connectivity index (χ2v) is 3.91. The van der Waals surface area contributed by atoms with Gasteiger partial charge in [0.1, 0.15) is 5.75 Å². The van der Waals surface area contributed by atoms with Crippen molar-refractivity contribution in [2.24, 2.45) is 0 Å². The van der Waals surface area contributed by atoms with Gasteiger partial charge in [0.2, 0.25) is 0 Å². The maximum atomic E-state index is 11.6. The Morgan fingerprint density at radius 2 is 1.89 bits per heavy atom. The molecule has 0 spiro atoms. The average molecular weight is 260 g/mol. The average Bonchev–Trinajstić information content (AvgIpc) is 2.83. The summed E-state index contributed by atoms with van der Waals surface area (Å²) < 4.78 is 5.04. The predicted molar refractivity (Wildman–Crippen MR) is 67.5 cm³/mol. The molecule has 0 aliphatic rings. The van der Waals surface area contributed by atoms with Gasteiger partial charge in [0.25, 0.3) is 0 Å². The first-order chi connectivity index (χ1) is 9.04. The Morgan fingerprint density at radius 3 is 2.37 bits per heavy atom. The molecule has 2 rings (SSSR count). The van der Waals surface area contributed by atoms with Crippen molar-refractivity contribution in [2.45, 2.75) is 6.92 Å². The highest BCUT2D eigenvalue weighted by atomic mass is 16.5. The number of carboxylic acids is 1. The molecule has 19 heavy (non-hydrogen) atoms. The van der Waals surface area contributed by atoms with E-state index in [-0.39, 0.29) is 17.0 Å². The van der Waals surface area contributed by atoms with Gasteiger partial charge in [0.15, 0.2) is 11.5 Å². The molecule has 0 bridgehead atoms. The Morgan fingerprint density at radius 1 is 1.26 bits per heavy atom. The van der Waals surface area contributed by atoms with Crippen LogP contribution in [0.15, 0.2) is 24.3 Å². The van der Waals surface area contributed by atoms with Crippen LogP contribution >= 0.6 is 0 Å². The Kier molecular flexibility index (Phi) is 3.33. The number of ether oxygens (including phenoxy) is 1. The predicted octanol–water partition coefficient (Wildman–Crippen LogP) is 1.99. The fraction of sp³-hybridized carbons (Fsp3) is 0.154. The number of aromatic amines is 1. The molecular formula is C13H12N2O4. The van der Waals surface area contributed by atoms with E-state index in [1.807, 2.05) is 0 Å². The lowest BCUT2D eigenvalue weighted by Crippen LogP contribution is -2.05. The topological polar surface area (TPSA) is 92.3 Å². The van der Waals surface area contributed by atoms with Gasteiger partial charge >= 0.3 is 5.97 Å². The van der Waals surface area contributed by atoms with Crippen molar-refractivity contribution < 1.29 is 19.4 Å². The molecule has 0 radical (unpaired) electrons. The summed E-state index contributed by atoms with van der Waals surface area (Å²) in [5.74, 6) is -0.913. The zero-order valence-electron chi connectivity index (χ0n) is 10.4. The van der Waals surface area contributed by atoms with E-state index in [9.17, 15) is 9.59 Å². The van der Waals surface area contributed by atoms with Gasteiger partial charge in [-0.15, -0.1) is 0 Å². The van der Waals surface area contributed by atoms with Crippen LogP contribution in [0.25, 0.3) is 11.3 Å². The number of ketones is 1. The summed E-state index contributed by atoms with van der Waals surface area (Å²) in [4.78, 5) is 22.6. The smallest absolute Gasteiger partial charge is 0.357 e. The van der Waals surface area contributed by atoms with E-state index >= 15 is 0 Å². The normalized spacial score (nSPS) is 10.2. The molecule has 1 aromatic heterocycles. The van der Waals surface area contributed by atoms with Crippen molar-refractivity contribution in [3.05, 3.63) is 35.5 Å². The van der Waals surface area contributed by atoms with Gasteiger partial charge in [-0.3, -0.25) is 9.89 Å². The molecule has 0 amide bonds. The molecule has 6 heteroatoms. The number of nitrogens with zero attached hydrogens (tertiary/aromatic N) is 1. The summed E-state index contributed by atoms with van der Waals surface area (Å²) in [6.45, 7) is 1.31. The van der Waals surface area contributed by atoms with E-state index in [1.165, 1.54) is 6.92 Å². The number of hydrogen-bond donors (Lipinski definition) is 2. The third-order valence-electron chi connectivity index (χ3n) is 2.70. The van der Waals surface area contributed by atoms with E-state index in [0.29, 0.717) is 17.0 Å². The van der Waals surface area contributed by atoms with E-state index in [1.54, 1.807) is 31.4 Å². The summed E-state index contributed by atoms with van der Waals surface area (Å²) in [6.07, 6.45) is 0. The van der Waals surface area contributed by atoms with Crippen LogP contribution < -0.4 is 4.74 Å². The molecule has 0 saturated carbocycles. The molecule has 2 aromatic rings. The molecule has 0 aliphatic heterocycles. The maximum Gasteiger partial charge on any atom is 0.357 e. The zero-order valence-corrected chi connectivity index (χ0v) is 10.4. The first-order valence-electron chi connectivity index (χ1n) is 5.51. The largest absolute Gasteiger partial charge is 0.497 e. The molecule has 0 aliphatic carbocycles. The Balaban J connectivity index is 2.55. The van der Waals surface area contributed by atoms with Gasteiger partial charge in [-0.2, -0.15) is 5.10 Å². The fourth-order valence-electron chi connectivity index (χ4n) is 1.81. The number of carbonyl (C=O) groups excluding carboxylic acids is 1. The molecule has 6 nitrogen and oxygen atoms in total. The molecule has 98 valence electrons. The van der Waals surface area contributed by atoms with Crippen LogP contribution in [0.4, 0.5) is 0 Å². The SMILES string of the molecule is COc1ccc(-c2[nH]nc(C(=O)O)c2C(C)=O)cc1. The third-order valence-corrected chi connectivity index (χ3v) is 2.70. The van der Waals surface area contributed by atoms with Crippen LogP contribution in [0.1, 0.15) is 27.8 Å². The number of hydrogen-bond acceptors (Lipinski definition) is 4. The lowest BCUT2D eigenvalue weighted by molar-refractivity contribution is 0.0686. The van der Waals surface area contributed by atoms with Gasteiger partial charge in [-0.05, 0) is 31.2 Å². The van der Waals surface area contributed by atoms with E-state index in [0.717, 1.165) is 0 Å². The van der Waals surface area contributed by atoms with Crippen LogP contribution in [0, 0.1) is 0 Å². The lowest BCUT2D eigenvalue weighted by atomic mass is 10.0. The van der Waals surface area contributed by atoms with Gasteiger partial charge in [-0.25, -0.2) is 4.79 Å². The Bertz CT molecular complexity index is 629. The molecular weight excluding hydrogens is 248 g/mol. The number of carboxylic acid groups (broad SMARTS) is 1. The second kappa shape index (κ2) is 4.93. The van der Waals surface area contributed by atoms with Crippen LogP contribution in [0.2, 0.25) is 0 Å². The number of H-pyrrole nitrogens is 1. The molecule has 1 heterocycles. The van der Waals surface area contributed by atoms with Gasteiger partial charge in [0, 0.05) is 5.56 Å². The van der Waals surface area contributed by atoms with Crippen molar-refractivity contribution in [2.75, 3.05) is 7.11 Å². The Hall–Kier alpha value is -2.63. The van der Waals surface area contributed by atoms with Crippen molar-refractivity contribution in [1.82, 2.24) is 10.2 Å². The van der Waals surface area contributed by atoms with Crippen molar-refractivity contribution >= 4 is 11.8 Å². The number of aromatic carboxylic acids is 1.